The van der Waals surface area contributed by atoms with E-state index in [4.69, 9.17) is 4.74 Å². The molecule has 1 aliphatic rings. The van der Waals surface area contributed by atoms with Crippen LogP contribution in [0.25, 0.3) is 0 Å². The largest absolute Gasteiger partial charge is 0.369 e. The Morgan fingerprint density at radius 3 is 2.53 bits per heavy atom. The fraction of sp³-hybridized carbons (Fsp3) is 0.625. The third kappa shape index (κ3) is 4.29. The van der Waals surface area contributed by atoms with Crippen molar-refractivity contribution in [2.45, 2.75) is 57.8 Å². The second-order valence-electron chi connectivity index (χ2n) is 6.33. The van der Waals surface area contributed by atoms with Gasteiger partial charge >= 0.3 is 0 Å². The van der Waals surface area contributed by atoms with E-state index >= 15 is 0 Å². The molecule has 1 unspecified atom stereocenters. The average molecular weight is 265 g/mol. The number of ether oxygens (including phenoxy) is 1. The van der Waals surface area contributed by atoms with Gasteiger partial charge in [0.05, 0.1) is 12.2 Å². The van der Waals surface area contributed by atoms with Crippen LogP contribution in [-0.4, -0.2) is 18.2 Å². The highest BCUT2D eigenvalue weighted by atomic mass is 19.1. The van der Waals surface area contributed by atoms with Crippen molar-refractivity contribution in [1.82, 2.24) is 5.32 Å². The number of nitrogens with one attached hydrogen (secondary N) is 1. The van der Waals surface area contributed by atoms with Crippen molar-refractivity contribution in [1.29, 1.82) is 0 Å². The molecule has 0 spiro atoms. The molecule has 1 aromatic rings. The van der Waals surface area contributed by atoms with Crippen LogP contribution in [0.2, 0.25) is 0 Å². The van der Waals surface area contributed by atoms with Crippen LogP contribution in [0.1, 0.15) is 51.7 Å². The quantitative estimate of drug-likeness (QED) is 0.873. The number of rotatable bonds is 5. The number of hydrogen-bond acceptors (Lipinski definition) is 2. The van der Waals surface area contributed by atoms with E-state index in [0.29, 0.717) is 18.2 Å². The van der Waals surface area contributed by atoms with Crippen LogP contribution in [0.3, 0.4) is 0 Å². The first-order chi connectivity index (χ1) is 8.96. The Balaban J connectivity index is 2.06. The van der Waals surface area contributed by atoms with E-state index in [2.05, 4.69) is 26.1 Å². The maximum Gasteiger partial charge on any atom is 0.129 e. The van der Waals surface area contributed by atoms with E-state index in [-0.39, 0.29) is 17.5 Å². The van der Waals surface area contributed by atoms with Gasteiger partial charge in [0, 0.05) is 17.6 Å². The highest BCUT2D eigenvalue weighted by Gasteiger charge is 2.26. The molecule has 1 aromatic carbocycles. The van der Waals surface area contributed by atoms with Gasteiger partial charge in [-0.25, -0.2) is 4.39 Å². The molecule has 0 aromatic heterocycles. The van der Waals surface area contributed by atoms with Crippen LogP contribution in [0.15, 0.2) is 24.3 Å². The predicted octanol–water partition coefficient (Wildman–Crippen LogP) is 3.82. The van der Waals surface area contributed by atoms with E-state index in [9.17, 15) is 4.39 Å². The molecule has 2 rings (SSSR count). The van der Waals surface area contributed by atoms with Gasteiger partial charge < -0.3 is 10.1 Å². The molecular weight excluding hydrogens is 241 g/mol. The Morgan fingerprint density at radius 2 is 2.00 bits per heavy atom. The normalized spacial score (nSPS) is 18.1. The lowest BCUT2D eigenvalue weighted by molar-refractivity contribution is -0.0550. The molecule has 2 nitrogen and oxygen atoms in total. The predicted molar refractivity (Wildman–Crippen MR) is 75.6 cm³/mol. The summed E-state index contributed by atoms with van der Waals surface area (Å²) in [4.78, 5) is 0. The van der Waals surface area contributed by atoms with E-state index in [0.717, 1.165) is 12.8 Å². The molecule has 0 bridgehead atoms. The summed E-state index contributed by atoms with van der Waals surface area (Å²) in [6, 6.07) is 6.91. The maximum absolute atomic E-state index is 13.9. The first-order valence-corrected chi connectivity index (χ1v) is 7.10. The fourth-order valence-electron chi connectivity index (χ4n) is 2.11. The standard InChI is InChI=1S/C16H24FNO/c1-16(2,3)18-11-15(19-12-7-6-8-12)13-9-4-5-10-14(13)17/h4-5,9-10,12,15,18H,6-8,11H2,1-3H3. The highest BCUT2D eigenvalue weighted by Crippen LogP contribution is 2.30. The second kappa shape index (κ2) is 6.02. The van der Waals surface area contributed by atoms with Crippen molar-refractivity contribution in [3.8, 4) is 0 Å². The van der Waals surface area contributed by atoms with Gasteiger partial charge in [0.1, 0.15) is 5.82 Å². The van der Waals surface area contributed by atoms with Crippen LogP contribution in [0, 0.1) is 5.82 Å². The Morgan fingerprint density at radius 1 is 1.32 bits per heavy atom. The van der Waals surface area contributed by atoms with Gasteiger partial charge in [0.15, 0.2) is 0 Å². The zero-order valence-corrected chi connectivity index (χ0v) is 12.1. The first kappa shape index (κ1) is 14.5. The molecule has 1 N–H and O–H groups in total. The smallest absolute Gasteiger partial charge is 0.129 e. The van der Waals surface area contributed by atoms with Crippen molar-refractivity contribution in [3.63, 3.8) is 0 Å². The lowest BCUT2D eigenvalue weighted by Crippen LogP contribution is -2.40. The van der Waals surface area contributed by atoms with Gasteiger partial charge in [-0.1, -0.05) is 18.2 Å². The van der Waals surface area contributed by atoms with Gasteiger partial charge in [-0.05, 0) is 46.1 Å². The summed E-state index contributed by atoms with van der Waals surface area (Å²) in [6.07, 6.45) is 3.51. The molecule has 1 atom stereocenters. The SMILES string of the molecule is CC(C)(C)NCC(OC1CCC1)c1ccccc1F. The van der Waals surface area contributed by atoms with E-state index < -0.39 is 0 Å². The van der Waals surface area contributed by atoms with Crippen molar-refractivity contribution in [2.75, 3.05) is 6.54 Å². The number of halogens is 1. The van der Waals surface area contributed by atoms with Crippen molar-refractivity contribution < 1.29 is 9.13 Å². The summed E-state index contributed by atoms with van der Waals surface area (Å²) in [5.41, 5.74) is 0.665. The number of hydrogen-bond donors (Lipinski definition) is 1. The van der Waals surface area contributed by atoms with Crippen LogP contribution in [-0.2, 0) is 4.74 Å². The van der Waals surface area contributed by atoms with Gasteiger partial charge in [0.2, 0.25) is 0 Å². The van der Waals surface area contributed by atoms with Gasteiger partial charge in [-0.2, -0.15) is 0 Å². The second-order valence-corrected chi connectivity index (χ2v) is 6.33. The lowest BCUT2D eigenvalue weighted by Gasteiger charge is -2.33. The molecule has 1 aliphatic carbocycles. The molecule has 19 heavy (non-hydrogen) atoms. The first-order valence-electron chi connectivity index (χ1n) is 7.10. The molecule has 0 amide bonds. The van der Waals surface area contributed by atoms with Crippen LogP contribution < -0.4 is 5.32 Å². The minimum absolute atomic E-state index is 0.00643. The lowest BCUT2D eigenvalue weighted by atomic mass is 9.95. The minimum atomic E-state index is -0.203. The topological polar surface area (TPSA) is 21.3 Å². The molecule has 106 valence electrons. The summed E-state index contributed by atoms with van der Waals surface area (Å²) < 4.78 is 20.0. The van der Waals surface area contributed by atoms with Crippen LogP contribution in [0.4, 0.5) is 4.39 Å². The summed E-state index contributed by atoms with van der Waals surface area (Å²) in [5.74, 6) is -0.178. The van der Waals surface area contributed by atoms with E-state index in [1.165, 1.54) is 12.5 Å². The third-order valence-electron chi connectivity index (χ3n) is 3.48. The van der Waals surface area contributed by atoms with Crippen molar-refractivity contribution >= 4 is 0 Å². The third-order valence-corrected chi connectivity index (χ3v) is 3.48. The molecule has 3 heteroatoms. The van der Waals surface area contributed by atoms with E-state index in [1.54, 1.807) is 6.07 Å². The van der Waals surface area contributed by atoms with Crippen LogP contribution >= 0.6 is 0 Å². The van der Waals surface area contributed by atoms with Crippen molar-refractivity contribution in [3.05, 3.63) is 35.6 Å². The van der Waals surface area contributed by atoms with Gasteiger partial charge in [-0.15, -0.1) is 0 Å². The molecule has 0 aliphatic heterocycles. The summed E-state index contributed by atoms with van der Waals surface area (Å²) in [6.45, 7) is 6.96. The molecule has 0 radical (unpaired) electrons. The average Bonchev–Trinajstić information content (AvgIpc) is 2.27. The van der Waals surface area contributed by atoms with E-state index in [1.807, 2.05) is 12.1 Å². The maximum atomic E-state index is 13.9. The Kier molecular flexibility index (Phi) is 4.58. The minimum Gasteiger partial charge on any atom is -0.369 e. The fourth-order valence-corrected chi connectivity index (χ4v) is 2.11. The molecular formula is C16H24FNO. The molecule has 0 heterocycles. The van der Waals surface area contributed by atoms with Crippen LogP contribution in [0.5, 0.6) is 0 Å². The molecule has 1 fully saturated rings. The molecule has 1 saturated carbocycles. The monoisotopic (exact) mass is 265 g/mol. The highest BCUT2D eigenvalue weighted by molar-refractivity contribution is 5.20. The van der Waals surface area contributed by atoms with Crippen molar-refractivity contribution in [2.24, 2.45) is 0 Å². The summed E-state index contributed by atoms with van der Waals surface area (Å²) >= 11 is 0. The Labute approximate surface area is 115 Å². The summed E-state index contributed by atoms with van der Waals surface area (Å²) in [7, 11) is 0. The zero-order valence-electron chi connectivity index (χ0n) is 12.1. The zero-order chi connectivity index (χ0) is 13.9. The number of benzene rings is 1. The summed E-state index contributed by atoms with van der Waals surface area (Å²) in [5, 5.41) is 3.41. The Bertz CT molecular complexity index is 409. The van der Waals surface area contributed by atoms with Gasteiger partial charge in [0.25, 0.3) is 0 Å². The van der Waals surface area contributed by atoms with Gasteiger partial charge in [-0.3, -0.25) is 0 Å². The molecule has 0 saturated heterocycles. The Hall–Kier alpha value is -0.930.